The minimum absolute atomic E-state index is 0.0733. The van der Waals surface area contributed by atoms with Crippen LogP contribution in [-0.2, 0) is 9.59 Å². The second kappa shape index (κ2) is 5.49. The maximum Gasteiger partial charge on any atom is 0.310 e. The summed E-state index contributed by atoms with van der Waals surface area (Å²) in [5.74, 6) is -1.03. The van der Waals surface area contributed by atoms with Crippen LogP contribution in [0.3, 0.4) is 0 Å². The molecule has 2 aliphatic rings. The normalized spacial score (nSPS) is 23.6. The number of aliphatic hydroxyl groups excluding tert-OH is 1. The van der Waals surface area contributed by atoms with E-state index >= 15 is 0 Å². The fourth-order valence-corrected chi connectivity index (χ4v) is 2.92. The highest BCUT2D eigenvalue weighted by Crippen LogP contribution is 2.44. The van der Waals surface area contributed by atoms with Gasteiger partial charge in [0.1, 0.15) is 0 Å². The summed E-state index contributed by atoms with van der Waals surface area (Å²) in [6, 6.07) is 0. The molecule has 108 valence electrons. The van der Waals surface area contributed by atoms with Gasteiger partial charge < -0.3 is 15.5 Å². The maximum absolute atomic E-state index is 12.0. The predicted octanol–water partition coefficient (Wildman–Crippen LogP) is 1.30. The number of carbonyl (C=O) groups is 2. The Labute approximate surface area is 113 Å². The van der Waals surface area contributed by atoms with Crippen molar-refractivity contribution in [1.29, 1.82) is 0 Å². The molecule has 2 aliphatic carbocycles. The van der Waals surface area contributed by atoms with E-state index in [1.807, 2.05) is 0 Å². The molecule has 2 fully saturated rings. The summed E-state index contributed by atoms with van der Waals surface area (Å²) in [4.78, 5) is 23.4. The molecule has 0 atom stereocenters. The summed E-state index contributed by atoms with van der Waals surface area (Å²) in [5.41, 5.74) is -0.989. The Morgan fingerprint density at radius 2 is 1.68 bits per heavy atom. The first-order valence-electron chi connectivity index (χ1n) is 7.13. The van der Waals surface area contributed by atoms with Crippen molar-refractivity contribution < 1.29 is 19.8 Å². The number of carbonyl (C=O) groups excluding carboxylic acids is 1. The monoisotopic (exact) mass is 269 g/mol. The average molecular weight is 269 g/mol. The van der Waals surface area contributed by atoms with E-state index in [4.69, 9.17) is 0 Å². The summed E-state index contributed by atoms with van der Waals surface area (Å²) in [6.07, 6.45) is 5.98. The molecule has 0 bridgehead atoms. The molecule has 1 amide bonds. The van der Waals surface area contributed by atoms with Gasteiger partial charge in [0.2, 0.25) is 5.91 Å². The molecule has 0 heterocycles. The number of aliphatic carboxylic acids is 1. The van der Waals surface area contributed by atoms with Gasteiger partial charge in [-0.2, -0.15) is 0 Å². The van der Waals surface area contributed by atoms with Crippen molar-refractivity contribution in [3.05, 3.63) is 0 Å². The summed E-state index contributed by atoms with van der Waals surface area (Å²) >= 11 is 0. The second-order valence-electron chi connectivity index (χ2n) is 6.26. The number of hydrogen-bond acceptors (Lipinski definition) is 3. The molecular weight excluding hydrogens is 246 g/mol. The number of carboxylic acid groups (broad SMARTS) is 1. The standard InChI is InChI=1S/C14H23NO4/c16-10-13(6-7-13)9-15-11(17)8-14(12(18)19)4-2-1-3-5-14/h16H,1-10H2,(H,15,17)(H,18,19). The zero-order valence-corrected chi connectivity index (χ0v) is 11.3. The molecule has 0 unspecified atom stereocenters. The van der Waals surface area contributed by atoms with E-state index in [2.05, 4.69) is 5.32 Å². The van der Waals surface area contributed by atoms with Crippen molar-refractivity contribution in [1.82, 2.24) is 5.32 Å². The fourth-order valence-electron chi connectivity index (χ4n) is 2.92. The lowest BCUT2D eigenvalue weighted by Gasteiger charge is -2.32. The molecule has 0 radical (unpaired) electrons. The highest BCUT2D eigenvalue weighted by atomic mass is 16.4. The topological polar surface area (TPSA) is 86.6 Å². The largest absolute Gasteiger partial charge is 0.481 e. The van der Waals surface area contributed by atoms with Crippen molar-refractivity contribution in [2.24, 2.45) is 10.8 Å². The van der Waals surface area contributed by atoms with Gasteiger partial charge in [-0.3, -0.25) is 9.59 Å². The van der Waals surface area contributed by atoms with Crippen LogP contribution in [0.15, 0.2) is 0 Å². The molecule has 0 aromatic heterocycles. The molecular formula is C14H23NO4. The zero-order valence-electron chi connectivity index (χ0n) is 11.3. The summed E-state index contributed by atoms with van der Waals surface area (Å²) in [6.45, 7) is 0.565. The van der Waals surface area contributed by atoms with Gasteiger partial charge in [-0.25, -0.2) is 0 Å². The third kappa shape index (κ3) is 3.26. The Kier molecular flexibility index (Phi) is 4.13. The van der Waals surface area contributed by atoms with Gasteiger partial charge in [-0.1, -0.05) is 19.3 Å². The highest BCUT2D eigenvalue weighted by molar-refractivity contribution is 5.85. The van der Waals surface area contributed by atoms with Gasteiger partial charge in [0.05, 0.1) is 12.0 Å². The van der Waals surface area contributed by atoms with E-state index in [1.54, 1.807) is 0 Å². The Bertz CT molecular complexity index is 356. The molecule has 3 N–H and O–H groups in total. The van der Waals surface area contributed by atoms with Gasteiger partial charge >= 0.3 is 5.97 Å². The van der Waals surface area contributed by atoms with Crippen LogP contribution in [-0.4, -0.2) is 35.2 Å². The first-order valence-corrected chi connectivity index (χ1v) is 7.13. The highest BCUT2D eigenvalue weighted by Gasteiger charge is 2.44. The van der Waals surface area contributed by atoms with Crippen LogP contribution < -0.4 is 5.32 Å². The van der Waals surface area contributed by atoms with Crippen molar-refractivity contribution in [3.8, 4) is 0 Å². The quantitative estimate of drug-likeness (QED) is 0.678. The maximum atomic E-state index is 12.0. The molecule has 5 heteroatoms. The SMILES string of the molecule is O=C(CC1(C(=O)O)CCCCC1)NCC1(CO)CC1. The number of rotatable bonds is 6. The third-order valence-electron chi connectivity index (χ3n) is 4.72. The number of nitrogens with one attached hydrogen (secondary N) is 1. The van der Waals surface area contributed by atoms with Crippen LogP contribution in [0.4, 0.5) is 0 Å². The molecule has 2 saturated carbocycles. The van der Waals surface area contributed by atoms with Gasteiger partial charge in [-0.05, 0) is 25.7 Å². The summed E-state index contributed by atoms with van der Waals surface area (Å²) in [7, 11) is 0. The molecule has 0 spiro atoms. The Morgan fingerprint density at radius 1 is 1.05 bits per heavy atom. The first-order chi connectivity index (χ1) is 9.02. The van der Waals surface area contributed by atoms with Gasteiger partial charge in [0.15, 0.2) is 0 Å². The number of aliphatic hydroxyl groups is 1. The van der Waals surface area contributed by atoms with Crippen LogP contribution in [0.2, 0.25) is 0 Å². The number of amides is 1. The van der Waals surface area contributed by atoms with Crippen LogP contribution >= 0.6 is 0 Å². The number of hydrogen-bond donors (Lipinski definition) is 3. The van der Waals surface area contributed by atoms with Crippen LogP contribution in [0.5, 0.6) is 0 Å². The summed E-state index contributed by atoms with van der Waals surface area (Å²) < 4.78 is 0. The molecule has 0 aromatic carbocycles. The minimum Gasteiger partial charge on any atom is -0.481 e. The van der Waals surface area contributed by atoms with E-state index in [0.717, 1.165) is 32.1 Å². The van der Waals surface area contributed by atoms with Crippen LogP contribution in [0, 0.1) is 10.8 Å². The van der Waals surface area contributed by atoms with Gasteiger partial charge in [0.25, 0.3) is 0 Å². The van der Waals surface area contributed by atoms with Crippen molar-refractivity contribution in [2.45, 2.75) is 51.4 Å². The van der Waals surface area contributed by atoms with Gasteiger partial charge in [0, 0.05) is 18.4 Å². The molecule has 5 nitrogen and oxygen atoms in total. The lowest BCUT2D eigenvalue weighted by Crippen LogP contribution is -2.40. The van der Waals surface area contributed by atoms with E-state index in [-0.39, 0.29) is 24.3 Å². The minimum atomic E-state index is -0.863. The Balaban J connectivity index is 1.86. The Morgan fingerprint density at radius 3 is 2.16 bits per heavy atom. The van der Waals surface area contributed by atoms with Crippen molar-refractivity contribution in [3.63, 3.8) is 0 Å². The predicted molar refractivity (Wildman–Crippen MR) is 69.5 cm³/mol. The molecule has 0 aliphatic heterocycles. The Hall–Kier alpha value is -1.10. The third-order valence-corrected chi connectivity index (χ3v) is 4.72. The second-order valence-corrected chi connectivity index (χ2v) is 6.26. The summed E-state index contributed by atoms with van der Waals surface area (Å²) in [5, 5.41) is 21.4. The van der Waals surface area contributed by atoms with E-state index < -0.39 is 11.4 Å². The number of carboxylic acids is 1. The lowest BCUT2D eigenvalue weighted by atomic mass is 9.71. The fraction of sp³-hybridized carbons (Fsp3) is 0.857. The van der Waals surface area contributed by atoms with Crippen LogP contribution in [0.25, 0.3) is 0 Å². The lowest BCUT2D eigenvalue weighted by molar-refractivity contribution is -0.154. The van der Waals surface area contributed by atoms with E-state index in [0.29, 0.717) is 19.4 Å². The smallest absolute Gasteiger partial charge is 0.310 e. The molecule has 19 heavy (non-hydrogen) atoms. The van der Waals surface area contributed by atoms with E-state index in [1.165, 1.54) is 0 Å². The van der Waals surface area contributed by atoms with Crippen molar-refractivity contribution >= 4 is 11.9 Å². The van der Waals surface area contributed by atoms with Gasteiger partial charge in [-0.15, -0.1) is 0 Å². The van der Waals surface area contributed by atoms with E-state index in [9.17, 15) is 19.8 Å². The molecule has 2 rings (SSSR count). The zero-order chi connectivity index (χ0) is 13.9. The van der Waals surface area contributed by atoms with Crippen LogP contribution in [0.1, 0.15) is 51.4 Å². The van der Waals surface area contributed by atoms with Crippen molar-refractivity contribution in [2.75, 3.05) is 13.2 Å². The first kappa shape index (κ1) is 14.3. The molecule has 0 aromatic rings. The average Bonchev–Trinajstić information content (AvgIpc) is 3.18. The molecule has 0 saturated heterocycles.